The Hall–Kier alpha value is -1.83. The first-order chi connectivity index (χ1) is 13.1. The molecule has 3 aliphatic heterocycles. The minimum Gasteiger partial charge on any atom is -0.372 e. The number of piperidine rings is 1. The van der Waals surface area contributed by atoms with Crippen molar-refractivity contribution in [2.75, 3.05) is 32.8 Å². The van der Waals surface area contributed by atoms with Crippen LogP contribution in [0.4, 0.5) is 4.79 Å². The predicted molar refractivity (Wildman–Crippen MR) is 99.5 cm³/mol. The number of hydrogen-bond donors (Lipinski definition) is 1. The van der Waals surface area contributed by atoms with Gasteiger partial charge < -0.3 is 24.6 Å². The Morgan fingerprint density at radius 2 is 2.00 bits per heavy atom. The van der Waals surface area contributed by atoms with Crippen molar-refractivity contribution >= 4 is 23.5 Å². The quantitative estimate of drug-likeness (QED) is 0.847. The summed E-state index contributed by atoms with van der Waals surface area (Å²) in [5.74, 6) is -0.111. The fraction of sp³-hybridized carbons (Fsp3) is 0.579. The van der Waals surface area contributed by atoms with Crippen LogP contribution >= 0.6 is 11.6 Å². The van der Waals surface area contributed by atoms with E-state index in [0.29, 0.717) is 37.8 Å². The Labute approximate surface area is 163 Å². The standard InChI is InChI=1S/C19H24ClN3O4/c20-15-4-2-1-3-13(15)11-26-14-5-7-22(9-14)19(25)23-8-6-17-16(10-23)21-18(24)12-27-17/h1-4,14,16-17H,5-12H2,(H,21,24). The number of morpholine rings is 1. The summed E-state index contributed by atoms with van der Waals surface area (Å²) in [5.41, 5.74) is 0.957. The maximum atomic E-state index is 12.9. The minimum atomic E-state index is -0.112. The van der Waals surface area contributed by atoms with Crippen LogP contribution in [0.25, 0.3) is 0 Å². The average Bonchev–Trinajstić information content (AvgIpc) is 3.15. The molecule has 146 valence electrons. The van der Waals surface area contributed by atoms with Gasteiger partial charge in [0.25, 0.3) is 0 Å². The molecule has 3 saturated heterocycles. The third-order valence-corrected chi connectivity index (χ3v) is 5.81. The van der Waals surface area contributed by atoms with Gasteiger partial charge in [0.2, 0.25) is 5.91 Å². The number of carbonyl (C=O) groups is 2. The number of halogens is 1. The molecule has 0 spiro atoms. The number of benzene rings is 1. The molecule has 1 aromatic rings. The summed E-state index contributed by atoms with van der Waals surface area (Å²) in [6.45, 7) is 2.97. The van der Waals surface area contributed by atoms with Gasteiger partial charge in [-0.05, 0) is 24.5 Å². The van der Waals surface area contributed by atoms with E-state index in [9.17, 15) is 9.59 Å². The first-order valence-electron chi connectivity index (χ1n) is 9.40. The molecule has 0 aromatic heterocycles. The number of urea groups is 1. The molecular formula is C19H24ClN3O4. The molecule has 0 radical (unpaired) electrons. The number of nitrogens with zero attached hydrogens (tertiary/aromatic N) is 2. The summed E-state index contributed by atoms with van der Waals surface area (Å²) in [6.07, 6.45) is 1.59. The van der Waals surface area contributed by atoms with Gasteiger partial charge in [-0.25, -0.2) is 4.79 Å². The van der Waals surface area contributed by atoms with Crippen molar-refractivity contribution in [3.63, 3.8) is 0 Å². The normalized spacial score (nSPS) is 28.0. The van der Waals surface area contributed by atoms with Crippen molar-refractivity contribution in [1.82, 2.24) is 15.1 Å². The average molecular weight is 394 g/mol. The number of amides is 3. The summed E-state index contributed by atoms with van der Waals surface area (Å²) in [7, 11) is 0. The first kappa shape index (κ1) is 18.5. The molecule has 3 unspecified atom stereocenters. The van der Waals surface area contributed by atoms with E-state index in [4.69, 9.17) is 21.1 Å². The summed E-state index contributed by atoms with van der Waals surface area (Å²) in [5, 5.41) is 3.63. The SMILES string of the molecule is O=C1COC2CCN(C(=O)N3CCC(OCc4ccccc4Cl)C3)CC2N1. The van der Waals surface area contributed by atoms with Gasteiger partial charge in [-0.3, -0.25) is 4.79 Å². The molecule has 0 bridgehead atoms. The molecule has 1 N–H and O–H groups in total. The molecule has 3 heterocycles. The molecule has 4 rings (SSSR count). The molecule has 3 fully saturated rings. The number of likely N-dealkylation sites (tertiary alicyclic amines) is 2. The highest BCUT2D eigenvalue weighted by atomic mass is 35.5. The van der Waals surface area contributed by atoms with Crippen LogP contribution in [0.3, 0.4) is 0 Å². The Kier molecular flexibility index (Phi) is 5.52. The van der Waals surface area contributed by atoms with Crippen LogP contribution < -0.4 is 5.32 Å². The van der Waals surface area contributed by atoms with Crippen LogP contribution in [0.1, 0.15) is 18.4 Å². The van der Waals surface area contributed by atoms with E-state index in [1.165, 1.54) is 0 Å². The van der Waals surface area contributed by atoms with Crippen LogP contribution in [0.15, 0.2) is 24.3 Å². The topological polar surface area (TPSA) is 71.1 Å². The van der Waals surface area contributed by atoms with Gasteiger partial charge in [0.05, 0.1) is 24.9 Å². The zero-order valence-electron chi connectivity index (χ0n) is 15.1. The molecule has 3 aliphatic rings. The highest BCUT2D eigenvalue weighted by Crippen LogP contribution is 2.22. The minimum absolute atomic E-state index is 0.0111. The smallest absolute Gasteiger partial charge is 0.320 e. The number of nitrogens with one attached hydrogen (secondary N) is 1. The van der Waals surface area contributed by atoms with Crippen LogP contribution in [-0.2, 0) is 20.9 Å². The van der Waals surface area contributed by atoms with Gasteiger partial charge in [0.15, 0.2) is 0 Å². The lowest BCUT2D eigenvalue weighted by Gasteiger charge is -2.42. The molecule has 1 aromatic carbocycles. The summed E-state index contributed by atoms with van der Waals surface area (Å²) < 4.78 is 11.5. The van der Waals surface area contributed by atoms with E-state index in [1.807, 2.05) is 34.1 Å². The van der Waals surface area contributed by atoms with E-state index >= 15 is 0 Å². The van der Waals surface area contributed by atoms with E-state index < -0.39 is 0 Å². The van der Waals surface area contributed by atoms with Crippen LogP contribution in [0.2, 0.25) is 5.02 Å². The number of hydrogen-bond acceptors (Lipinski definition) is 4. The largest absolute Gasteiger partial charge is 0.372 e. The molecule has 3 atom stereocenters. The Bertz CT molecular complexity index is 716. The van der Waals surface area contributed by atoms with E-state index in [1.54, 1.807) is 0 Å². The third-order valence-electron chi connectivity index (χ3n) is 5.44. The molecule has 27 heavy (non-hydrogen) atoms. The predicted octanol–water partition coefficient (Wildman–Crippen LogP) is 1.64. The zero-order valence-corrected chi connectivity index (χ0v) is 15.9. The van der Waals surface area contributed by atoms with Crippen LogP contribution in [-0.4, -0.2) is 72.8 Å². The van der Waals surface area contributed by atoms with Crippen molar-refractivity contribution in [1.29, 1.82) is 0 Å². The highest BCUT2D eigenvalue weighted by molar-refractivity contribution is 6.31. The Morgan fingerprint density at radius 3 is 2.85 bits per heavy atom. The van der Waals surface area contributed by atoms with Gasteiger partial charge in [-0.2, -0.15) is 0 Å². The lowest BCUT2D eigenvalue weighted by molar-refractivity contribution is -0.139. The fourth-order valence-corrected chi connectivity index (χ4v) is 4.12. The summed E-state index contributed by atoms with van der Waals surface area (Å²) >= 11 is 6.17. The first-order valence-corrected chi connectivity index (χ1v) is 9.78. The summed E-state index contributed by atoms with van der Waals surface area (Å²) in [6, 6.07) is 7.53. The second kappa shape index (κ2) is 8.04. The van der Waals surface area contributed by atoms with E-state index in [0.717, 1.165) is 18.4 Å². The molecule has 7 nitrogen and oxygen atoms in total. The van der Waals surface area contributed by atoms with Gasteiger partial charge in [-0.15, -0.1) is 0 Å². The molecule has 0 aliphatic carbocycles. The van der Waals surface area contributed by atoms with E-state index in [2.05, 4.69) is 5.32 Å². The van der Waals surface area contributed by atoms with Crippen molar-refractivity contribution in [3.05, 3.63) is 34.9 Å². The summed E-state index contributed by atoms with van der Waals surface area (Å²) in [4.78, 5) is 28.0. The lowest BCUT2D eigenvalue weighted by atomic mass is 10.0. The number of rotatable bonds is 3. The number of carbonyl (C=O) groups excluding carboxylic acids is 2. The van der Waals surface area contributed by atoms with Crippen LogP contribution in [0, 0.1) is 0 Å². The molecule has 0 saturated carbocycles. The zero-order chi connectivity index (χ0) is 18.8. The van der Waals surface area contributed by atoms with Crippen molar-refractivity contribution in [2.24, 2.45) is 0 Å². The molecule has 3 amide bonds. The lowest BCUT2D eigenvalue weighted by Crippen LogP contribution is -2.62. The van der Waals surface area contributed by atoms with E-state index in [-0.39, 0.29) is 36.8 Å². The second-order valence-electron chi connectivity index (χ2n) is 7.30. The Morgan fingerprint density at radius 1 is 1.22 bits per heavy atom. The number of fused-ring (bicyclic) bond motifs is 1. The van der Waals surface area contributed by atoms with Gasteiger partial charge in [-0.1, -0.05) is 29.8 Å². The van der Waals surface area contributed by atoms with Crippen molar-refractivity contribution in [2.45, 2.75) is 37.7 Å². The Balaban J connectivity index is 1.28. The fourth-order valence-electron chi connectivity index (χ4n) is 3.93. The van der Waals surface area contributed by atoms with Crippen molar-refractivity contribution < 1.29 is 19.1 Å². The van der Waals surface area contributed by atoms with Crippen LogP contribution in [0.5, 0.6) is 0 Å². The maximum absolute atomic E-state index is 12.9. The van der Waals surface area contributed by atoms with Gasteiger partial charge in [0, 0.05) is 31.2 Å². The number of ether oxygens (including phenoxy) is 2. The molecular weight excluding hydrogens is 370 g/mol. The highest BCUT2D eigenvalue weighted by Gasteiger charge is 2.38. The van der Waals surface area contributed by atoms with Gasteiger partial charge in [0.1, 0.15) is 6.61 Å². The second-order valence-corrected chi connectivity index (χ2v) is 7.71. The third kappa shape index (κ3) is 4.20. The maximum Gasteiger partial charge on any atom is 0.320 e. The monoisotopic (exact) mass is 393 g/mol. The van der Waals surface area contributed by atoms with Gasteiger partial charge >= 0.3 is 6.03 Å². The molecule has 8 heteroatoms. The van der Waals surface area contributed by atoms with Crippen molar-refractivity contribution in [3.8, 4) is 0 Å².